The lowest BCUT2D eigenvalue weighted by Crippen LogP contribution is -2.12. The number of benzene rings is 1. The van der Waals surface area contributed by atoms with Gasteiger partial charge in [0.05, 0.1) is 17.7 Å². The second kappa shape index (κ2) is 7.64. The summed E-state index contributed by atoms with van der Waals surface area (Å²) in [7, 11) is 0. The van der Waals surface area contributed by atoms with Gasteiger partial charge in [-0.25, -0.2) is 0 Å². The van der Waals surface area contributed by atoms with E-state index >= 15 is 0 Å². The first-order valence-electron chi connectivity index (χ1n) is 6.48. The summed E-state index contributed by atoms with van der Waals surface area (Å²) in [6, 6.07) is 3.93. The molecule has 3 nitrogen and oxygen atoms in total. The van der Waals surface area contributed by atoms with E-state index < -0.39 is 0 Å². The zero-order valence-corrected chi connectivity index (χ0v) is 12.9. The minimum Gasteiger partial charge on any atom is -0.493 e. The minimum atomic E-state index is 0.00327. The van der Waals surface area contributed by atoms with Crippen LogP contribution in [0.25, 0.3) is 0 Å². The molecule has 1 aromatic rings. The monoisotopic (exact) mass is 315 g/mol. The van der Waals surface area contributed by atoms with Crippen LogP contribution in [0.4, 0.5) is 0 Å². The van der Waals surface area contributed by atoms with Gasteiger partial charge in [0.1, 0.15) is 11.5 Å². The van der Waals surface area contributed by atoms with Crippen LogP contribution in [0.1, 0.15) is 45.2 Å². The maximum atomic E-state index is 6.19. The summed E-state index contributed by atoms with van der Waals surface area (Å²) in [5.74, 6) is 1.62. The lowest BCUT2D eigenvalue weighted by atomic mass is 10.0. The fourth-order valence-electron chi connectivity index (χ4n) is 1.85. The van der Waals surface area contributed by atoms with Gasteiger partial charge in [-0.15, -0.1) is 0 Å². The summed E-state index contributed by atoms with van der Waals surface area (Å²) in [5, 5.41) is 0. The van der Waals surface area contributed by atoms with Gasteiger partial charge in [0.25, 0.3) is 0 Å². The highest BCUT2D eigenvalue weighted by Gasteiger charge is 2.15. The molecule has 0 amide bonds. The third kappa shape index (κ3) is 3.89. The largest absolute Gasteiger partial charge is 0.493 e. The molecule has 0 heterocycles. The minimum absolute atomic E-state index is 0.00327. The van der Waals surface area contributed by atoms with Crippen LogP contribution in [-0.2, 0) is 0 Å². The number of ether oxygens (including phenoxy) is 2. The average molecular weight is 316 g/mol. The molecule has 1 aromatic carbocycles. The first-order valence-corrected chi connectivity index (χ1v) is 7.27. The second-order valence-electron chi connectivity index (χ2n) is 4.08. The maximum Gasteiger partial charge on any atom is 0.137 e. The van der Waals surface area contributed by atoms with E-state index in [1.165, 1.54) is 0 Å². The van der Waals surface area contributed by atoms with E-state index in [9.17, 15) is 0 Å². The smallest absolute Gasteiger partial charge is 0.137 e. The topological polar surface area (TPSA) is 44.5 Å². The Balaban J connectivity index is 3.10. The summed E-state index contributed by atoms with van der Waals surface area (Å²) >= 11 is 3.52. The highest BCUT2D eigenvalue weighted by molar-refractivity contribution is 9.10. The van der Waals surface area contributed by atoms with Crippen LogP contribution in [0.5, 0.6) is 11.5 Å². The van der Waals surface area contributed by atoms with Crippen LogP contribution in [0.15, 0.2) is 16.6 Å². The summed E-state index contributed by atoms with van der Waals surface area (Å²) in [6.07, 6.45) is 2.00. The molecule has 1 unspecified atom stereocenters. The Morgan fingerprint density at radius 2 is 1.72 bits per heavy atom. The molecular weight excluding hydrogens is 294 g/mol. The molecule has 102 valence electrons. The molecule has 1 rings (SSSR count). The lowest BCUT2D eigenvalue weighted by Gasteiger charge is -2.18. The van der Waals surface area contributed by atoms with Crippen molar-refractivity contribution < 1.29 is 9.47 Å². The van der Waals surface area contributed by atoms with Crippen molar-refractivity contribution in [2.45, 2.75) is 39.7 Å². The van der Waals surface area contributed by atoms with Gasteiger partial charge in [0.15, 0.2) is 0 Å². The molecule has 0 spiro atoms. The Labute approximate surface area is 118 Å². The molecule has 0 aliphatic carbocycles. The van der Waals surface area contributed by atoms with E-state index in [0.717, 1.165) is 34.4 Å². The molecule has 0 fully saturated rings. The third-order valence-electron chi connectivity index (χ3n) is 2.66. The molecule has 1 atom stereocenters. The summed E-state index contributed by atoms with van der Waals surface area (Å²) < 4.78 is 12.1. The van der Waals surface area contributed by atoms with E-state index in [2.05, 4.69) is 22.9 Å². The SMILES string of the molecule is CCCC(N)c1cc(Br)c(OCC)cc1OCC. The van der Waals surface area contributed by atoms with E-state index in [0.29, 0.717) is 13.2 Å². The number of halogens is 1. The van der Waals surface area contributed by atoms with Crippen molar-refractivity contribution in [2.75, 3.05) is 13.2 Å². The number of hydrogen-bond acceptors (Lipinski definition) is 3. The summed E-state index contributed by atoms with van der Waals surface area (Å²) in [6.45, 7) is 7.31. The summed E-state index contributed by atoms with van der Waals surface area (Å²) in [4.78, 5) is 0. The highest BCUT2D eigenvalue weighted by Crippen LogP contribution is 2.36. The first kappa shape index (κ1) is 15.3. The van der Waals surface area contributed by atoms with Crippen LogP contribution < -0.4 is 15.2 Å². The Kier molecular flexibility index (Phi) is 6.50. The quantitative estimate of drug-likeness (QED) is 0.825. The van der Waals surface area contributed by atoms with Crippen LogP contribution >= 0.6 is 15.9 Å². The molecule has 0 radical (unpaired) electrons. The molecule has 4 heteroatoms. The lowest BCUT2D eigenvalue weighted by molar-refractivity contribution is 0.317. The maximum absolute atomic E-state index is 6.19. The predicted octanol–water partition coefficient (Wildman–Crippen LogP) is 4.05. The van der Waals surface area contributed by atoms with E-state index in [1.807, 2.05) is 26.0 Å². The van der Waals surface area contributed by atoms with Crippen molar-refractivity contribution >= 4 is 15.9 Å². The molecule has 0 saturated heterocycles. The van der Waals surface area contributed by atoms with Gasteiger partial charge in [-0.2, -0.15) is 0 Å². The van der Waals surface area contributed by atoms with E-state index in [-0.39, 0.29) is 6.04 Å². The molecule has 0 aliphatic rings. The van der Waals surface area contributed by atoms with Crippen molar-refractivity contribution in [1.82, 2.24) is 0 Å². The van der Waals surface area contributed by atoms with Crippen molar-refractivity contribution in [3.63, 3.8) is 0 Å². The van der Waals surface area contributed by atoms with E-state index in [4.69, 9.17) is 15.2 Å². The third-order valence-corrected chi connectivity index (χ3v) is 3.28. The van der Waals surface area contributed by atoms with E-state index in [1.54, 1.807) is 0 Å². The molecular formula is C14H22BrNO2. The van der Waals surface area contributed by atoms with Gasteiger partial charge in [0, 0.05) is 17.7 Å². The van der Waals surface area contributed by atoms with Gasteiger partial charge in [-0.1, -0.05) is 13.3 Å². The average Bonchev–Trinajstić information content (AvgIpc) is 2.34. The van der Waals surface area contributed by atoms with Crippen molar-refractivity contribution in [1.29, 1.82) is 0 Å². The fourth-order valence-corrected chi connectivity index (χ4v) is 2.33. The Hall–Kier alpha value is -0.740. The van der Waals surface area contributed by atoms with Crippen molar-refractivity contribution in [3.05, 3.63) is 22.2 Å². The number of hydrogen-bond donors (Lipinski definition) is 1. The Bertz CT molecular complexity index is 382. The normalized spacial score (nSPS) is 12.3. The molecule has 18 heavy (non-hydrogen) atoms. The number of nitrogens with two attached hydrogens (primary N) is 1. The van der Waals surface area contributed by atoms with Gasteiger partial charge in [-0.3, -0.25) is 0 Å². The number of rotatable bonds is 7. The van der Waals surface area contributed by atoms with Crippen molar-refractivity contribution in [2.24, 2.45) is 5.73 Å². The van der Waals surface area contributed by atoms with Crippen molar-refractivity contribution in [3.8, 4) is 11.5 Å². The van der Waals surface area contributed by atoms with Gasteiger partial charge >= 0.3 is 0 Å². The molecule has 0 aromatic heterocycles. The van der Waals surface area contributed by atoms with Crippen LogP contribution in [0, 0.1) is 0 Å². The molecule has 0 bridgehead atoms. The zero-order chi connectivity index (χ0) is 13.5. The fraction of sp³-hybridized carbons (Fsp3) is 0.571. The molecule has 0 saturated carbocycles. The predicted molar refractivity (Wildman–Crippen MR) is 78.3 cm³/mol. The van der Waals surface area contributed by atoms with Crippen LogP contribution in [0.2, 0.25) is 0 Å². The Morgan fingerprint density at radius 1 is 1.11 bits per heavy atom. The zero-order valence-electron chi connectivity index (χ0n) is 11.3. The van der Waals surface area contributed by atoms with Gasteiger partial charge in [-0.05, 0) is 42.3 Å². The second-order valence-corrected chi connectivity index (χ2v) is 4.94. The van der Waals surface area contributed by atoms with Gasteiger partial charge < -0.3 is 15.2 Å². The summed E-state index contributed by atoms with van der Waals surface area (Å²) in [5.41, 5.74) is 7.22. The molecule has 0 aliphatic heterocycles. The Morgan fingerprint density at radius 3 is 2.28 bits per heavy atom. The van der Waals surface area contributed by atoms with Crippen LogP contribution in [0.3, 0.4) is 0 Å². The highest BCUT2D eigenvalue weighted by atomic mass is 79.9. The first-order chi connectivity index (χ1) is 8.63. The molecule has 2 N–H and O–H groups in total. The van der Waals surface area contributed by atoms with Crippen LogP contribution in [-0.4, -0.2) is 13.2 Å². The standard InChI is InChI=1S/C14H22BrNO2/c1-4-7-12(16)10-8-11(15)14(18-6-3)9-13(10)17-5-2/h8-9,12H,4-7,16H2,1-3H3. The van der Waals surface area contributed by atoms with Gasteiger partial charge in [0.2, 0.25) is 0 Å².